The Balaban J connectivity index is 1.06. The highest BCUT2D eigenvalue weighted by Gasteiger charge is 2.63. The summed E-state index contributed by atoms with van der Waals surface area (Å²) in [7, 11) is -0.906. The van der Waals surface area contributed by atoms with Crippen LogP contribution >= 0.6 is 21.2 Å². The van der Waals surface area contributed by atoms with Crippen molar-refractivity contribution in [2.24, 2.45) is 17.3 Å². The van der Waals surface area contributed by atoms with Crippen molar-refractivity contribution in [2.75, 3.05) is 13.6 Å². The lowest BCUT2D eigenvalue weighted by Crippen LogP contribution is -2.60. The maximum absolute atomic E-state index is 15.0. The van der Waals surface area contributed by atoms with Crippen LogP contribution in [-0.2, 0) is 32.8 Å². The SMILES string of the molecule is C=C[C@@H]1C[C@]1(NC(=O)[C@@H]1C[C@@H]2CN1C(=O)[C@H](C(C)(C)C)NC(=O)O[C@@H]1C[C@H]1CCCCCc1c(nc3ccccc3c1OC1CC3CCC(C1)N3C)O2)C(=O)N[SH](=O)(I)C1(C)CC1. The molecule has 63 heavy (non-hydrogen) atoms. The first-order chi connectivity index (χ1) is 29.9. The van der Waals surface area contributed by atoms with Crippen LogP contribution in [0, 0.1) is 17.3 Å². The van der Waals surface area contributed by atoms with Crippen LogP contribution in [-0.4, -0.2) is 109 Å². The van der Waals surface area contributed by atoms with Crippen LogP contribution in [0.5, 0.6) is 11.6 Å². The second kappa shape index (κ2) is 16.7. The zero-order valence-corrected chi connectivity index (χ0v) is 40.4. The van der Waals surface area contributed by atoms with Crippen LogP contribution in [0.4, 0.5) is 4.79 Å². The molecule has 14 nitrogen and oxygen atoms in total. The first-order valence-corrected chi connectivity index (χ1v) is 27.7. The molecule has 9 rings (SSSR count). The van der Waals surface area contributed by atoms with E-state index >= 15 is 0 Å². The molecule has 9 atom stereocenters. The number of carbonyl (C=O) groups is 4. The lowest BCUT2D eigenvalue weighted by atomic mass is 9.85. The molecule has 0 radical (unpaired) electrons. The lowest BCUT2D eigenvalue weighted by Gasteiger charge is -2.36. The molecule has 6 fully saturated rings. The number of alkyl carbamates (subject to hydrolysis) is 1. The third-order valence-electron chi connectivity index (χ3n) is 15.3. The number of nitrogens with one attached hydrogen (secondary N) is 3. The number of rotatable bonds is 8. The number of halogens is 1. The number of para-hydroxylation sites is 1. The molecule has 3 saturated carbocycles. The Bertz CT molecular complexity index is 2220. The van der Waals surface area contributed by atoms with E-state index in [1.54, 1.807) is 6.08 Å². The van der Waals surface area contributed by atoms with Gasteiger partial charge < -0.3 is 34.6 Å². The van der Waals surface area contributed by atoms with E-state index in [2.05, 4.69) is 39.9 Å². The minimum absolute atomic E-state index is 0.0266. The molecule has 5 heterocycles. The van der Waals surface area contributed by atoms with Crippen LogP contribution in [0.1, 0.15) is 117 Å². The zero-order chi connectivity index (χ0) is 44.6. The van der Waals surface area contributed by atoms with E-state index in [0.717, 1.165) is 80.0 Å². The molecule has 3 N–H and O–H groups in total. The van der Waals surface area contributed by atoms with Gasteiger partial charge in [0.05, 0.1) is 17.6 Å². The number of thiol groups is 1. The number of piperidine rings is 1. The van der Waals surface area contributed by atoms with Gasteiger partial charge in [0.1, 0.15) is 41.7 Å². The van der Waals surface area contributed by atoms with Crippen molar-refractivity contribution in [2.45, 2.75) is 170 Å². The van der Waals surface area contributed by atoms with Crippen molar-refractivity contribution >= 4 is 63.2 Å². The molecule has 4 aliphatic heterocycles. The van der Waals surface area contributed by atoms with Gasteiger partial charge in [0.15, 0.2) is 0 Å². The number of benzene rings is 1. The Labute approximate surface area is 384 Å². The highest BCUT2D eigenvalue weighted by atomic mass is 127. The average molecular weight is 1000 g/mol. The Hall–Kier alpha value is -3.51. The Kier molecular flexibility index (Phi) is 11.9. The normalized spacial score (nSPS) is 34.4. The fourth-order valence-electron chi connectivity index (χ4n) is 10.6. The van der Waals surface area contributed by atoms with Gasteiger partial charge in [-0.3, -0.25) is 23.3 Å². The molecule has 4 bridgehead atoms. The number of fused-ring (bicyclic) bond motifs is 7. The number of ether oxygens (including phenoxy) is 3. The second-order valence-corrected chi connectivity index (χ2v) is 27.4. The number of hydrogen-bond donors (Lipinski definition) is 4. The van der Waals surface area contributed by atoms with Crippen molar-refractivity contribution in [3.63, 3.8) is 0 Å². The monoisotopic (exact) mass is 1000 g/mol. The summed E-state index contributed by atoms with van der Waals surface area (Å²) in [6.07, 6.45) is 11.5. The highest BCUT2D eigenvalue weighted by molar-refractivity contribution is 14.2. The highest BCUT2D eigenvalue weighted by Crippen LogP contribution is 2.51. The summed E-state index contributed by atoms with van der Waals surface area (Å²) in [5.74, 6) is -0.396. The molecule has 3 saturated heterocycles. The predicted molar refractivity (Wildman–Crippen MR) is 250 cm³/mol. The van der Waals surface area contributed by atoms with E-state index in [1.807, 2.05) is 67.1 Å². The van der Waals surface area contributed by atoms with Gasteiger partial charge in [-0.1, -0.05) is 51.8 Å². The van der Waals surface area contributed by atoms with E-state index in [0.29, 0.717) is 24.4 Å². The summed E-state index contributed by atoms with van der Waals surface area (Å²) >= 11 is 1.88. The van der Waals surface area contributed by atoms with Gasteiger partial charge in [-0.05, 0) is 108 Å². The maximum Gasteiger partial charge on any atom is 0.408 e. The molecule has 7 aliphatic rings. The van der Waals surface area contributed by atoms with Crippen molar-refractivity contribution in [3.8, 4) is 11.6 Å². The minimum Gasteiger partial charge on any atom is -0.489 e. The predicted octanol–water partition coefficient (Wildman–Crippen LogP) is 6.24. The topological polar surface area (TPSA) is 168 Å². The summed E-state index contributed by atoms with van der Waals surface area (Å²) in [6, 6.07) is 6.87. The Morgan fingerprint density at radius 2 is 1.78 bits per heavy atom. The molecule has 0 spiro atoms. The molecular weight excluding hydrogens is 936 g/mol. The number of carbonyl (C=O) groups excluding carboxylic acids is 4. The van der Waals surface area contributed by atoms with E-state index in [1.165, 1.54) is 17.7 Å². The van der Waals surface area contributed by atoms with Crippen LogP contribution in [0.25, 0.3) is 10.9 Å². The number of aromatic nitrogens is 1. The van der Waals surface area contributed by atoms with E-state index in [-0.39, 0.29) is 37.5 Å². The van der Waals surface area contributed by atoms with Gasteiger partial charge in [0.25, 0.3) is 5.91 Å². The van der Waals surface area contributed by atoms with Gasteiger partial charge in [0.2, 0.25) is 17.7 Å². The number of nitrogens with zero attached hydrogens (tertiary/aromatic N) is 3. The largest absolute Gasteiger partial charge is 0.489 e. The van der Waals surface area contributed by atoms with Gasteiger partial charge in [-0.15, -0.1) is 6.58 Å². The third-order valence-corrected chi connectivity index (χ3v) is 21.9. The number of hydrogen-bond acceptors (Lipinski definition) is 10. The fourth-order valence-corrected chi connectivity index (χ4v) is 14.2. The van der Waals surface area contributed by atoms with Crippen molar-refractivity contribution in [1.82, 2.24) is 30.1 Å². The fraction of sp³-hybridized carbons (Fsp3) is 0.681. The Morgan fingerprint density at radius 3 is 2.46 bits per heavy atom. The van der Waals surface area contributed by atoms with Crippen molar-refractivity contribution < 1.29 is 37.6 Å². The first kappa shape index (κ1) is 44.7. The van der Waals surface area contributed by atoms with E-state index < -0.39 is 70.9 Å². The summed E-state index contributed by atoms with van der Waals surface area (Å²) in [4.78, 5) is 66.4. The van der Waals surface area contributed by atoms with Gasteiger partial charge >= 0.3 is 6.09 Å². The van der Waals surface area contributed by atoms with E-state index in [9.17, 15) is 23.4 Å². The van der Waals surface area contributed by atoms with Crippen LogP contribution in [0.15, 0.2) is 36.9 Å². The lowest BCUT2D eigenvalue weighted by molar-refractivity contribution is -0.142. The molecule has 2 aromatic rings. The molecule has 344 valence electrons. The van der Waals surface area contributed by atoms with Crippen molar-refractivity contribution in [1.29, 1.82) is 0 Å². The standard InChI is InChI=1S/C47H65IN6O8S/c1-7-28-25-47(28,43(57)52-63(48,59)46(5)19-20-46)51-40(55)36-24-32-26-54(36)42(56)39(45(2,3)4)50-44(58)62-37-21-27(37)13-9-8-10-15-34-38(33-14-11-12-16-35(33)49-41(34)61-32)60-31-22-29-17-18-30(23-31)53(29)6/h7,11-12,14,16,27-32,36-37,39,63H,1,8-10,13,15,17-26H2,2-6H3,(H,50,58)(H,51,55)(H,52,57,59)/t27-,28-,29?,30?,31?,32-,36+,37-,39-,47-/m1/s1. The second-order valence-electron chi connectivity index (χ2n) is 20.9. The molecule has 3 aliphatic carbocycles. The van der Waals surface area contributed by atoms with Crippen LogP contribution in [0.3, 0.4) is 0 Å². The number of amides is 4. The molecule has 2 unspecified atom stereocenters. The summed E-state index contributed by atoms with van der Waals surface area (Å²) < 4.78 is 36.1. The number of pyridine rings is 1. The quantitative estimate of drug-likeness (QED) is 0.103. The average Bonchev–Trinajstić information content (AvgIpc) is 4.18. The maximum atomic E-state index is 15.0. The summed E-state index contributed by atoms with van der Waals surface area (Å²) in [6.45, 7) is 11.5. The van der Waals surface area contributed by atoms with Gasteiger partial charge in [-0.25, -0.2) is 9.78 Å². The summed E-state index contributed by atoms with van der Waals surface area (Å²) in [5.41, 5.74) is -0.499. The zero-order valence-electron chi connectivity index (χ0n) is 37.3. The van der Waals surface area contributed by atoms with Gasteiger partial charge in [-0.2, -0.15) is 0 Å². The first-order valence-electron chi connectivity index (χ1n) is 23.2. The third kappa shape index (κ3) is 8.82. The van der Waals surface area contributed by atoms with Crippen LogP contribution in [0.2, 0.25) is 0 Å². The smallest absolute Gasteiger partial charge is 0.408 e. The van der Waals surface area contributed by atoms with Crippen molar-refractivity contribution in [3.05, 3.63) is 42.5 Å². The molecule has 1 aromatic heterocycles. The molecule has 4 amide bonds. The Morgan fingerprint density at radius 1 is 1.05 bits per heavy atom. The molecule has 1 aromatic carbocycles. The molecular formula is C47H65IN6O8S. The summed E-state index contributed by atoms with van der Waals surface area (Å²) in [5, 5.41) is 6.84. The van der Waals surface area contributed by atoms with E-state index in [4.69, 9.17) is 19.2 Å². The molecule has 16 heteroatoms. The minimum atomic E-state index is -3.14. The van der Waals surface area contributed by atoms with Gasteiger partial charge in [0, 0.05) is 63.1 Å². The van der Waals surface area contributed by atoms with Crippen LogP contribution < -0.4 is 24.8 Å².